The number of carbonyl (C=O) groups excluding carboxylic acids is 2. The van der Waals surface area contributed by atoms with Gasteiger partial charge in [-0.25, -0.2) is 0 Å². The number of nitrogens with zero attached hydrogens (tertiary/aromatic N) is 3. The summed E-state index contributed by atoms with van der Waals surface area (Å²) in [5.74, 6) is -1.47. The molecule has 0 spiro atoms. The molecule has 3 rings (SSSR count). The first-order valence-electron chi connectivity index (χ1n) is 9.49. The zero-order valence-electron chi connectivity index (χ0n) is 16.0. The van der Waals surface area contributed by atoms with Crippen LogP contribution in [0, 0.1) is 0 Å². The second kappa shape index (κ2) is 11.5. The number of carboxylic acid groups (broad SMARTS) is 1. The van der Waals surface area contributed by atoms with Crippen LogP contribution in [0.3, 0.4) is 0 Å². The monoisotopic (exact) mass is 435 g/mol. The number of hydrogen-bond donors (Lipinski definition) is 0. The van der Waals surface area contributed by atoms with E-state index in [0.717, 1.165) is 31.5 Å². The number of para-hydroxylation sites is 1. The number of benzene rings is 2. The number of amides is 1. The van der Waals surface area contributed by atoms with E-state index >= 15 is 0 Å². The first kappa shape index (κ1) is 22.8. The van der Waals surface area contributed by atoms with Crippen molar-refractivity contribution < 1.29 is 31.2 Å². The van der Waals surface area contributed by atoms with Crippen LogP contribution in [0.2, 0.25) is 0 Å². The minimum Gasteiger partial charge on any atom is -0.625 e. The van der Waals surface area contributed by atoms with Crippen LogP contribution in [0.25, 0.3) is 5.32 Å². The molecule has 1 radical (unpaired) electrons. The van der Waals surface area contributed by atoms with Crippen molar-refractivity contribution >= 4 is 23.3 Å². The third-order valence-corrected chi connectivity index (χ3v) is 4.63. The summed E-state index contributed by atoms with van der Waals surface area (Å²) in [6, 6.07) is 16.4. The Morgan fingerprint density at radius 3 is 2.31 bits per heavy atom. The fourth-order valence-electron chi connectivity index (χ4n) is 3.32. The molecule has 1 aliphatic heterocycles. The van der Waals surface area contributed by atoms with Gasteiger partial charge in [-0.15, -0.1) is 5.69 Å². The van der Waals surface area contributed by atoms with Crippen molar-refractivity contribution in [3.05, 3.63) is 71.0 Å². The zero-order valence-corrected chi connectivity index (χ0v) is 17.0. The summed E-state index contributed by atoms with van der Waals surface area (Å²) in [6.07, 6.45) is 3.43. The van der Waals surface area contributed by atoms with Gasteiger partial charge >= 0.3 is 16.5 Å². The van der Waals surface area contributed by atoms with Gasteiger partial charge < -0.3 is 20.0 Å². The quantitative estimate of drug-likeness (QED) is 0.493. The number of hydrogen-bond acceptors (Lipinski definition) is 5. The third kappa shape index (κ3) is 6.80. The van der Waals surface area contributed by atoms with Gasteiger partial charge in [0.1, 0.15) is 0 Å². The summed E-state index contributed by atoms with van der Waals surface area (Å²) < 4.78 is 0. The van der Waals surface area contributed by atoms with Crippen LogP contribution in [-0.4, -0.2) is 48.7 Å². The molecule has 0 bridgehead atoms. The Morgan fingerprint density at radius 1 is 0.966 bits per heavy atom. The van der Waals surface area contributed by atoms with E-state index in [0.29, 0.717) is 23.5 Å². The average molecular weight is 436 g/mol. The van der Waals surface area contributed by atoms with Crippen LogP contribution in [0.4, 0.5) is 5.69 Å². The summed E-state index contributed by atoms with van der Waals surface area (Å²) in [5.41, 5.74) is 2.36. The summed E-state index contributed by atoms with van der Waals surface area (Å²) >= 11 is 0. The molecular formula is C22H23N3NiO3+. The van der Waals surface area contributed by atoms with Gasteiger partial charge in [-0.2, -0.15) is 0 Å². The van der Waals surface area contributed by atoms with E-state index in [2.05, 4.69) is 15.2 Å². The fraction of sp³-hybridized carbons (Fsp3) is 0.318. The fourth-order valence-corrected chi connectivity index (χ4v) is 3.32. The molecule has 0 aliphatic carbocycles. The second-order valence-corrected chi connectivity index (χ2v) is 6.76. The Morgan fingerprint density at radius 2 is 1.62 bits per heavy atom. The molecule has 0 saturated carbocycles. The third-order valence-electron chi connectivity index (χ3n) is 4.63. The van der Waals surface area contributed by atoms with Crippen molar-refractivity contribution in [3.63, 3.8) is 0 Å². The van der Waals surface area contributed by atoms with Gasteiger partial charge in [0, 0.05) is 12.1 Å². The molecule has 0 atom stereocenters. The van der Waals surface area contributed by atoms with Crippen molar-refractivity contribution in [2.75, 3.05) is 26.2 Å². The molecule has 2 aromatic carbocycles. The topological polar surface area (TPSA) is 86.9 Å². The Labute approximate surface area is 181 Å². The standard InChI is InChI=1S/C22H25N3O3.Ni/c26-20(16-25-13-7-2-8-14-25)24-19-12-6-5-11-18(19)22(23-15-21(27)28)17-9-3-1-4-10-17;/h1,3-6,9-12H,2,7-8,13-16H2,(H2,23,24,26,27,28);/q;+3/p-2. The molecule has 7 heteroatoms. The number of aliphatic imine (C=N–C) groups is 1. The molecule has 1 amide bonds. The van der Waals surface area contributed by atoms with Crippen LogP contribution >= 0.6 is 0 Å². The molecule has 1 heterocycles. The second-order valence-electron chi connectivity index (χ2n) is 6.76. The molecule has 0 unspecified atom stereocenters. The van der Waals surface area contributed by atoms with E-state index in [9.17, 15) is 14.7 Å². The predicted molar refractivity (Wildman–Crippen MR) is 107 cm³/mol. The molecule has 1 saturated heterocycles. The van der Waals surface area contributed by atoms with Crippen LogP contribution in [0.5, 0.6) is 0 Å². The first-order valence-corrected chi connectivity index (χ1v) is 9.49. The van der Waals surface area contributed by atoms with E-state index in [1.54, 1.807) is 18.2 Å². The number of carboxylic acids is 1. The van der Waals surface area contributed by atoms with Crippen molar-refractivity contribution in [2.24, 2.45) is 4.99 Å². The van der Waals surface area contributed by atoms with Gasteiger partial charge in [-0.1, -0.05) is 61.0 Å². The summed E-state index contributed by atoms with van der Waals surface area (Å²) in [4.78, 5) is 29.8. The van der Waals surface area contributed by atoms with E-state index in [1.165, 1.54) is 6.42 Å². The van der Waals surface area contributed by atoms with Gasteiger partial charge in [-0.05, 0) is 31.5 Å². The van der Waals surface area contributed by atoms with Gasteiger partial charge in [0.15, 0.2) is 0 Å². The van der Waals surface area contributed by atoms with Crippen molar-refractivity contribution in [1.29, 1.82) is 0 Å². The van der Waals surface area contributed by atoms with Crippen LogP contribution in [0.15, 0.2) is 59.6 Å². The number of rotatable bonds is 7. The normalized spacial score (nSPS) is 14.7. The van der Waals surface area contributed by atoms with E-state index in [4.69, 9.17) is 0 Å². The average Bonchev–Trinajstić information content (AvgIpc) is 2.70. The molecule has 1 aliphatic rings. The zero-order chi connectivity index (χ0) is 19.8. The molecule has 0 aromatic heterocycles. The Balaban J connectivity index is 0.00000300. The van der Waals surface area contributed by atoms with Gasteiger partial charge in [0.25, 0.3) is 0 Å². The molecule has 1 fully saturated rings. The maximum absolute atomic E-state index is 12.5. The van der Waals surface area contributed by atoms with E-state index in [1.807, 2.05) is 36.4 Å². The van der Waals surface area contributed by atoms with Crippen molar-refractivity contribution in [1.82, 2.24) is 4.90 Å². The van der Waals surface area contributed by atoms with E-state index < -0.39 is 12.5 Å². The van der Waals surface area contributed by atoms with Gasteiger partial charge in [0.05, 0.1) is 24.1 Å². The molecule has 153 valence electrons. The first-order chi connectivity index (χ1) is 13.6. The number of piperidine rings is 1. The summed E-state index contributed by atoms with van der Waals surface area (Å²) in [6.45, 7) is 1.68. The van der Waals surface area contributed by atoms with Crippen molar-refractivity contribution in [3.8, 4) is 0 Å². The SMILES string of the molecule is O=C([O-])CN=C(c1ccccc1)c1ccccc1[N-]C(=O)CN1CCCCC1.[Ni+3]. The predicted octanol–water partition coefficient (Wildman–Crippen LogP) is 2.29. The molecular weight excluding hydrogens is 413 g/mol. The maximum Gasteiger partial charge on any atom is 3.00 e. The Hall–Kier alpha value is -2.50. The summed E-state index contributed by atoms with van der Waals surface area (Å²) in [5, 5.41) is 15.3. The molecule has 0 N–H and O–H groups in total. The molecule has 2 aromatic rings. The van der Waals surface area contributed by atoms with Crippen LogP contribution in [0.1, 0.15) is 30.4 Å². The Kier molecular flexibility index (Phi) is 9.03. The number of aliphatic carboxylic acids is 1. The van der Waals surface area contributed by atoms with Crippen LogP contribution < -0.4 is 5.11 Å². The maximum atomic E-state index is 12.5. The number of carbonyl (C=O) groups is 2. The minimum absolute atomic E-state index is 0. The Bertz CT molecular complexity index is 849. The van der Waals surface area contributed by atoms with Gasteiger partial charge in [0.2, 0.25) is 0 Å². The molecule has 6 nitrogen and oxygen atoms in total. The molecule has 29 heavy (non-hydrogen) atoms. The number of likely N-dealkylation sites (tertiary alicyclic amines) is 1. The summed E-state index contributed by atoms with van der Waals surface area (Å²) in [7, 11) is 0. The smallest absolute Gasteiger partial charge is 0.625 e. The van der Waals surface area contributed by atoms with Gasteiger partial charge in [-0.3, -0.25) is 9.89 Å². The van der Waals surface area contributed by atoms with E-state index in [-0.39, 0.29) is 22.4 Å². The largest absolute Gasteiger partial charge is 3.00 e. The van der Waals surface area contributed by atoms with Crippen molar-refractivity contribution in [2.45, 2.75) is 19.3 Å². The minimum atomic E-state index is -1.26. The van der Waals surface area contributed by atoms with Crippen LogP contribution in [-0.2, 0) is 26.1 Å².